The first kappa shape index (κ1) is 8.70. The lowest BCUT2D eigenvalue weighted by molar-refractivity contribution is 0.289. The van der Waals surface area contributed by atoms with Crippen LogP contribution in [0.25, 0.3) is 0 Å². The quantitative estimate of drug-likeness (QED) is 0.454. The lowest BCUT2D eigenvalue weighted by Gasteiger charge is -1.93. The molecule has 0 saturated heterocycles. The van der Waals surface area contributed by atoms with Crippen LogP contribution in [0.5, 0.6) is 0 Å². The van der Waals surface area contributed by atoms with Crippen molar-refractivity contribution < 1.29 is 5.11 Å². The van der Waals surface area contributed by atoms with Crippen molar-refractivity contribution in [1.82, 2.24) is 0 Å². The number of aliphatic hydroxyl groups excluding tert-OH is 1. The Bertz CT molecular complexity index is 84.6. The molecule has 0 aromatic heterocycles. The highest BCUT2D eigenvalue weighted by molar-refractivity contribution is 4.96. The van der Waals surface area contributed by atoms with Crippen LogP contribution in [0.4, 0.5) is 0 Å². The molecule has 0 unspecified atom stereocenters. The lowest BCUT2D eigenvalue weighted by Crippen LogP contribution is -1.80. The molecule has 0 aliphatic carbocycles. The number of rotatable bonds is 4. The standard InChI is InChI=1S/C8H16O/c1-3-8(2)6-4-5-7-9/h6,9H,3-5,7H2,1-2H3/b8-6+. The van der Waals surface area contributed by atoms with Gasteiger partial charge in [0.25, 0.3) is 0 Å². The number of aliphatic hydroxyl groups is 1. The third-order valence-corrected chi connectivity index (χ3v) is 1.41. The second-order valence-electron chi connectivity index (χ2n) is 2.27. The van der Waals surface area contributed by atoms with Gasteiger partial charge in [-0.25, -0.2) is 0 Å². The first-order chi connectivity index (χ1) is 4.31. The van der Waals surface area contributed by atoms with Crippen LogP contribution < -0.4 is 0 Å². The molecule has 0 aromatic rings. The van der Waals surface area contributed by atoms with Crippen LogP contribution in [0.1, 0.15) is 33.1 Å². The Hall–Kier alpha value is -0.300. The van der Waals surface area contributed by atoms with E-state index in [1.54, 1.807) is 0 Å². The van der Waals surface area contributed by atoms with E-state index in [1.165, 1.54) is 5.57 Å². The zero-order chi connectivity index (χ0) is 7.11. The van der Waals surface area contributed by atoms with Gasteiger partial charge in [-0.1, -0.05) is 18.6 Å². The minimum atomic E-state index is 0.313. The minimum Gasteiger partial charge on any atom is -0.396 e. The highest BCUT2D eigenvalue weighted by Gasteiger charge is 1.82. The molecule has 0 rings (SSSR count). The summed E-state index contributed by atoms with van der Waals surface area (Å²) in [5.74, 6) is 0. The summed E-state index contributed by atoms with van der Waals surface area (Å²) in [5, 5.41) is 8.42. The van der Waals surface area contributed by atoms with Gasteiger partial charge in [0.1, 0.15) is 0 Å². The molecule has 0 amide bonds. The molecule has 0 bridgehead atoms. The van der Waals surface area contributed by atoms with Gasteiger partial charge in [0, 0.05) is 6.61 Å². The van der Waals surface area contributed by atoms with Gasteiger partial charge in [-0.3, -0.25) is 0 Å². The van der Waals surface area contributed by atoms with Crippen molar-refractivity contribution in [2.24, 2.45) is 0 Å². The third-order valence-electron chi connectivity index (χ3n) is 1.41. The fraction of sp³-hybridized carbons (Fsp3) is 0.750. The number of hydrogen-bond acceptors (Lipinski definition) is 1. The topological polar surface area (TPSA) is 20.2 Å². The van der Waals surface area contributed by atoms with Crippen LogP contribution >= 0.6 is 0 Å². The van der Waals surface area contributed by atoms with Crippen molar-refractivity contribution in [3.8, 4) is 0 Å². The summed E-state index contributed by atoms with van der Waals surface area (Å²) in [7, 11) is 0. The number of unbranched alkanes of at least 4 members (excludes halogenated alkanes) is 1. The Morgan fingerprint density at radius 1 is 1.56 bits per heavy atom. The van der Waals surface area contributed by atoms with Gasteiger partial charge in [-0.2, -0.15) is 0 Å². The van der Waals surface area contributed by atoms with E-state index in [4.69, 9.17) is 5.11 Å². The number of allylic oxidation sites excluding steroid dienone is 2. The first-order valence-corrected chi connectivity index (χ1v) is 3.57. The molecule has 0 radical (unpaired) electrons. The van der Waals surface area contributed by atoms with E-state index < -0.39 is 0 Å². The summed E-state index contributed by atoms with van der Waals surface area (Å²) in [5.41, 5.74) is 1.42. The molecule has 54 valence electrons. The van der Waals surface area contributed by atoms with Crippen molar-refractivity contribution in [1.29, 1.82) is 0 Å². The summed E-state index contributed by atoms with van der Waals surface area (Å²) < 4.78 is 0. The van der Waals surface area contributed by atoms with Gasteiger partial charge in [-0.05, 0) is 26.2 Å². The highest BCUT2D eigenvalue weighted by Crippen LogP contribution is 2.00. The van der Waals surface area contributed by atoms with E-state index >= 15 is 0 Å². The van der Waals surface area contributed by atoms with Gasteiger partial charge >= 0.3 is 0 Å². The van der Waals surface area contributed by atoms with Gasteiger partial charge in [0.15, 0.2) is 0 Å². The fourth-order valence-corrected chi connectivity index (χ4v) is 0.584. The van der Waals surface area contributed by atoms with Crippen LogP contribution in [0, 0.1) is 0 Å². The SMILES string of the molecule is CC/C(C)=C/CCCO. The average Bonchev–Trinajstić information content (AvgIpc) is 1.89. The Labute approximate surface area is 57.4 Å². The maximum absolute atomic E-state index is 8.42. The average molecular weight is 128 g/mol. The second kappa shape index (κ2) is 5.83. The summed E-state index contributed by atoms with van der Waals surface area (Å²) in [6, 6.07) is 0. The van der Waals surface area contributed by atoms with E-state index in [0.717, 1.165) is 19.3 Å². The van der Waals surface area contributed by atoms with Crippen LogP contribution in [-0.2, 0) is 0 Å². The van der Waals surface area contributed by atoms with Crippen molar-refractivity contribution >= 4 is 0 Å². The molecule has 1 N–H and O–H groups in total. The molecule has 0 heterocycles. The smallest absolute Gasteiger partial charge is 0.0433 e. The Balaban J connectivity index is 3.21. The summed E-state index contributed by atoms with van der Waals surface area (Å²) in [6.07, 6.45) is 5.25. The molecule has 0 aliphatic heterocycles. The molecular weight excluding hydrogens is 112 g/mol. The van der Waals surface area contributed by atoms with Gasteiger partial charge in [0.2, 0.25) is 0 Å². The Morgan fingerprint density at radius 3 is 2.67 bits per heavy atom. The zero-order valence-corrected chi connectivity index (χ0v) is 6.35. The minimum absolute atomic E-state index is 0.313. The molecule has 0 aliphatic rings. The van der Waals surface area contributed by atoms with Crippen LogP contribution in [0.3, 0.4) is 0 Å². The van der Waals surface area contributed by atoms with E-state index in [-0.39, 0.29) is 0 Å². The second-order valence-corrected chi connectivity index (χ2v) is 2.27. The molecule has 0 aromatic carbocycles. The molecule has 9 heavy (non-hydrogen) atoms. The largest absolute Gasteiger partial charge is 0.396 e. The van der Waals surface area contributed by atoms with Gasteiger partial charge in [-0.15, -0.1) is 0 Å². The highest BCUT2D eigenvalue weighted by atomic mass is 16.2. The summed E-state index contributed by atoms with van der Waals surface area (Å²) >= 11 is 0. The normalized spacial score (nSPS) is 12.1. The molecule has 0 saturated carbocycles. The fourth-order valence-electron chi connectivity index (χ4n) is 0.584. The molecule has 0 spiro atoms. The van der Waals surface area contributed by atoms with Gasteiger partial charge < -0.3 is 5.11 Å². The van der Waals surface area contributed by atoms with E-state index in [0.29, 0.717) is 6.61 Å². The van der Waals surface area contributed by atoms with Gasteiger partial charge in [0.05, 0.1) is 0 Å². The maximum atomic E-state index is 8.42. The van der Waals surface area contributed by atoms with Crippen molar-refractivity contribution in [2.45, 2.75) is 33.1 Å². The van der Waals surface area contributed by atoms with E-state index in [1.807, 2.05) is 0 Å². The predicted octanol–water partition coefficient (Wildman–Crippen LogP) is 2.12. The Kier molecular flexibility index (Phi) is 5.64. The Morgan fingerprint density at radius 2 is 2.22 bits per heavy atom. The predicted molar refractivity (Wildman–Crippen MR) is 40.4 cm³/mol. The summed E-state index contributed by atoms with van der Waals surface area (Å²) in [6.45, 7) is 4.58. The molecule has 1 nitrogen and oxygen atoms in total. The summed E-state index contributed by atoms with van der Waals surface area (Å²) in [4.78, 5) is 0. The number of hydrogen-bond donors (Lipinski definition) is 1. The maximum Gasteiger partial charge on any atom is 0.0433 e. The molecule has 0 atom stereocenters. The van der Waals surface area contributed by atoms with Crippen molar-refractivity contribution in [3.63, 3.8) is 0 Å². The monoisotopic (exact) mass is 128 g/mol. The van der Waals surface area contributed by atoms with Crippen LogP contribution in [-0.4, -0.2) is 11.7 Å². The van der Waals surface area contributed by atoms with Crippen molar-refractivity contribution in [2.75, 3.05) is 6.61 Å². The van der Waals surface area contributed by atoms with E-state index in [2.05, 4.69) is 19.9 Å². The van der Waals surface area contributed by atoms with Crippen molar-refractivity contribution in [3.05, 3.63) is 11.6 Å². The first-order valence-electron chi connectivity index (χ1n) is 3.57. The third kappa shape index (κ3) is 5.57. The molecule has 0 fully saturated rings. The molecule has 1 heteroatoms. The molecular formula is C8H16O. The van der Waals surface area contributed by atoms with Crippen LogP contribution in [0.2, 0.25) is 0 Å². The van der Waals surface area contributed by atoms with Crippen LogP contribution in [0.15, 0.2) is 11.6 Å². The lowest BCUT2D eigenvalue weighted by atomic mass is 10.2. The van der Waals surface area contributed by atoms with E-state index in [9.17, 15) is 0 Å². The zero-order valence-electron chi connectivity index (χ0n) is 6.35.